The van der Waals surface area contributed by atoms with Gasteiger partial charge in [-0.15, -0.1) is 0 Å². The first-order chi connectivity index (χ1) is 9.70. The summed E-state index contributed by atoms with van der Waals surface area (Å²) in [6.07, 6.45) is 3.63. The van der Waals surface area contributed by atoms with Crippen molar-refractivity contribution in [2.75, 3.05) is 30.8 Å². The molecule has 1 atom stereocenters. The molecule has 0 spiro atoms. The number of carbonyl (C=O) groups is 1. The number of anilines is 2. The Morgan fingerprint density at radius 3 is 3.05 bits per heavy atom. The number of nitrogens with two attached hydrogens (primary N) is 1. The largest absolute Gasteiger partial charge is 0.462 e. The van der Waals surface area contributed by atoms with E-state index in [9.17, 15) is 4.79 Å². The van der Waals surface area contributed by atoms with Crippen molar-refractivity contribution in [3.05, 3.63) is 23.8 Å². The molecule has 1 saturated heterocycles. The van der Waals surface area contributed by atoms with E-state index >= 15 is 0 Å². The lowest BCUT2D eigenvalue weighted by molar-refractivity contribution is 0.0526. The van der Waals surface area contributed by atoms with E-state index in [1.165, 1.54) is 0 Å². The maximum absolute atomic E-state index is 11.6. The van der Waals surface area contributed by atoms with Crippen LogP contribution in [-0.4, -0.2) is 31.8 Å². The molecule has 1 aromatic carbocycles. The molecule has 20 heavy (non-hydrogen) atoms. The summed E-state index contributed by atoms with van der Waals surface area (Å²) in [7, 11) is 0. The van der Waals surface area contributed by atoms with Gasteiger partial charge in [0.25, 0.3) is 0 Å². The molecule has 1 aliphatic heterocycles. The van der Waals surface area contributed by atoms with Crippen molar-refractivity contribution in [3.63, 3.8) is 0 Å². The highest BCUT2D eigenvalue weighted by atomic mass is 16.5. The van der Waals surface area contributed by atoms with Crippen LogP contribution in [0.15, 0.2) is 18.2 Å². The number of carbonyl (C=O) groups excluding carboxylic acids is 1. The standard InChI is InChI=1S/C15H22N2O3/c1-2-19-15(18)11-5-6-14(13(16)10-11)17-8-7-12-4-3-9-20-12/h5-6,10,12,17H,2-4,7-9,16H2,1H3. The van der Waals surface area contributed by atoms with E-state index in [0.717, 1.165) is 38.1 Å². The fourth-order valence-corrected chi connectivity index (χ4v) is 2.30. The van der Waals surface area contributed by atoms with Gasteiger partial charge in [0, 0.05) is 13.2 Å². The Kier molecular flexibility index (Phi) is 5.24. The number of hydrogen-bond acceptors (Lipinski definition) is 5. The van der Waals surface area contributed by atoms with Crippen LogP contribution in [0.25, 0.3) is 0 Å². The predicted molar refractivity (Wildman–Crippen MR) is 78.9 cm³/mol. The van der Waals surface area contributed by atoms with Gasteiger partial charge in [-0.3, -0.25) is 0 Å². The van der Waals surface area contributed by atoms with Crippen molar-refractivity contribution in [2.24, 2.45) is 0 Å². The SMILES string of the molecule is CCOC(=O)c1ccc(NCCC2CCCO2)c(N)c1. The third kappa shape index (κ3) is 3.87. The summed E-state index contributed by atoms with van der Waals surface area (Å²) in [5.41, 5.74) is 7.83. The summed E-state index contributed by atoms with van der Waals surface area (Å²) in [4.78, 5) is 11.6. The molecule has 3 N–H and O–H groups in total. The van der Waals surface area contributed by atoms with E-state index in [1.54, 1.807) is 19.1 Å². The minimum Gasteiger partial charge on any atom is -0.462 e. The van der Waals surface area contributed by atoms with Gasteiger partial charge in [-0.1, -0.05) is 0 Å². The van der Waals surface area contributed by atoms with E-state index in [4.69, 9.17) is 15.2 Å². The molecular weight excluding hydrogens is 256 g/mol. The second-order valence-electron chi connectivity index (χ2n) is 4.87. The number of hydrogen-bond donors (Lipinski definition) is 2. The third-order valence-corrected chi connectivity index (χ3v) is 3.37. The maximum Gasteiger partial charge on any atom is 0.338 e. The van der Waals surface area contributed by atoms with Gasteiger partial charge in [-0.2, -0.15) is 0 Å². The van der Waals surface area contributed by atoms with Crippen molar-refractivity contribution in [2.45, 2.75) is 32.3 Å². The van der Waals surface area contributed by atoms with Crippen molar-refractivity contribution in [1.29, 1.82) is 0 Å². The monoisotopic (exact) mass is 278 g/mol. The molecule has 1 fully saturated rings. The summed E-state index contributed by atoms with van der Waals surface area (Å²) in [5, 5.41) is 3.28. The van der Waals surface area contributed by atoms with Gasteiger partial charge >= 0.3 is 5.97 Å². The molecule has 0 saturated carbocycles. The topological polar surface area (TPSA) is 73.6 Å². The Labute approximate surface area is 119 Å². The van der Waals surface area contributed by atoms with Crippen LogP contribution in [0.4, 0.5) is 11.4 Å². The number of benzene rings is 1. The quantitative estimate of drug-likeness (QED) is 0.617. The van der Waals surface area contributed by atoms with Gasteiger partial charge in [-0.05, 0) is 44.4 Å². The van der Waals surface area contributed by atoms with Gasteiger partial charge < -0.3 is 20.5 Å². The minimum absolute atomic E-state index is 0.342. The van der Waals surface area contributed by atoms with E-state index in [0.29, 0.717) is 24.0 Å². The molecule has 0 radical (unpaired) electrons. The molecular formula is C15H22N2O3. The molecule has 1 aliphatic rings. The number of rotatable bonds is 6. The average Bonchev–Trinajstić information content (AvgIpc) is 2.94. The summed E-state index contributed by atoms with van der Waals surface area (Å²) in [6, 6.07) is 5.19. The van der Waals surface area contributed by atoms with Crippen LogP contribution in [-0.2, 0) is 9.47 Å². The maximum atomic E-state index is 11.6. The van der Waals surface area contributed by atoms with Crippen LogP contribution in [0.1, 0.15) is 36.5 Å². The highest BCUT2D eigenvalue weighted by Gasteiger charge is 2.15. The molecule has 0 bridgehead atoms. The first kappa shape index (κ1) is 14.7. The highest BCUT2D eigenvalue weighted by molar-refractivity contribution is 5.91. The van der Waals surface area contributed by atoms with Crippen molar-refractivity contribution >= 4 is 17.3 Å². The Bertz CT molecular complexity index is 456. The van der Waals surface area contributed by atoms with Crippen molar-refractivity contribution in [3.8, 4) is 0 Å². The summed E-state index contributed by atoms with van der Waals surface area (Å²) >= 11 is 0. The van der Waals surface area contributed by atoms with E-state index < -0.39 is 0 Å². The smallest absolute Gasteiger partial charge is 0.338 e. The predicted octanol–water partition coefficient (Wildman–Crippen LogP) is 2.43. The molecule has 110 valence electrons. The Hall–Kier alpha value is -1.75. The summed E-state index contributed by atoms with van der Waals surface area (Å²) in [6.45, 7) is 3.83. The first-order valence-electron chi connectivity index (χ1n) is 7.13. The average molecular weight is 278 g/mol. The molecule has 2 rings (SSSR count). The zero-order valence-corrected chi connectivity index (χ0v) is 11.9. The van der Waals surface area contributed by atoms with Gasteiger partial charge in [0.05, 0.1) is 29.6 Å². The van der Waals surface area contributed by atoms with Crippen LogP contribution >= 0.6 is 0 Å². The molecule has 0 aromatic heterocycles. The third-order valence-electron chi connectivity index (χ3n) is 3.37. The number of nitrogens with one attached hydrogen (secondary N) is 1. The van der Waals surface area contributed by atoms with Gasteiger partial charge in [0.1, 0.15) is 0 Å². The van der Waals surface area contributed by atoms with E-state index in [1.807, 2.05) is 6.07 Å². The number of ether oxygens (including phenoxy) is 2. The Morgan fingerprint density at radius 2 is 2.40 bits per heavy atom. The fraction of sp³-hybridized carbons (Fsp3) is 0.533. The van der Waals surface area contributed by atoms with Crippen LogP contribution in [0.5, 0.6) is 0 Å². The summed E-state index contributed by atoms with van der Waals surface area (Å²) < 4.78 is 10.5. The normalized spacial score (nSPS) is 17.9. The highest BCUT2D eigenvalue weighted by Crippen LogP contribution is 2.21. The Morgan fingerprint density at radius 1 is 1.55 bits per heavy atom. The van der Waals surface area contributed by atoms with Crippen molar-refractivity contribution in [1.82, 2.24) is 0 Å². The lowest BCUT2D eigenvalue weighted by atomic mass is 10.1. The molecule has 0 aliphatic carbocycles. The zero-order chi connectivity index (χ0) is 14.4. The van der Waals surface area contributed by atoms with Crippen molar-refractivity contribution < 1.29 is 14.3 Å². The van der Waals surface area contributed by atoms with Gasteiger partial charge in [0.15, 0.2) is 0 Å². The second-order valence-corrected chi connectivity index (χ2v) is 4.87. The second kappa shape index (κ2) is 7.14. The lowest BCUT2D eigenvalue weighted by Gasteiger charge is -2.13. The Balaban J connectivity index is 1.87. The molecule has 5 heteroatoms. The zero-order valence-electron chi connectivity index (χ0n) is 11.9. The summed E-state index contributed by atoms with van der Waals surface area (Å²) in [5.74, 6) is -0.342. The van der Waals surface area contributed by atoms with Gasteiger partial charge in [-0.25, -0.2) is 4.79 Å². The van der Waals surface area contributed by atoms with E-state index in [-0.39, 0.29) is 5.97 Å². The van der Waals surface area contributed by atoms with Crippen LogP contribution < -0.4 is 11.1 Å². The van der Waals surface area contributed by atoms with Crippen LogP contribution in [0.3, 0.4) is 0 Å². The first-order valence-corrected chi connectivity index (χ1v) is 7.13. The molecule has 1 aromatic rings. The lowest BCUT2D eigenvalue weighted by Crippen LogP contribution is -2.13. The molecule has 1 unspecified atom stereocenters. The van der Waals surface area contributed by atoms with E-state index in [2.05, 4.69) is 5.32 Å². The fourth-order valence-electron chi connectivity index (χ4n) is 2.30. The molecule has 0 amide bonds. The molecule has 1 heterocycles. The molecule has 5 nitrogen and oxygen atoms in total. The van der Waals surface area contributed by atoms with Crippen LogP contribution in [0, 0.1) is 0 Å². The van der Waals surface area contributed by atoms with Crippen LogP contribution in [0.2, 0.25) is 0 Å². The number of esters is 1. The minimum atomic E-state index is -0.342. The van der Waals surface area contributed by atoms with Gasteiger partial charge in [0.2, 0.25) is 0 Å². The number of nitrogen functional groups attached to an aromatic ring is 1.